The third kappa shape index (κ3) is 5.13. The van der Waals surface area contributed by atoms with Crippen LogP contribution in [0.4, 0.5) is 0 Å². The fourth-order valence-corrected chi connectivity index (χ4v) is 2.15. The SMILES string of the molecule is CC(NC(CCCN=C(N)N)C(=O)O)c1c(O)cccc1O. The predicted octanol–water partition coefficient (Wildman–Crippen LogP) is 0.255. The second-order valence-electron chi connectivity index (χ2n) is 4.94. The van der Waals surface area contributed by atoms with Crippen LogP contribution in [0, 0.1) is 0 Å². The number of guanidine groups is 1. The maximum atomic E-state index is 11.3. The fourth-order valence-electron chi connectivity index (χ4n) is 2.15. The quantitative estimate of drug-likeness (QED) is 0.228. The van der Waals surface area contributed by atoms with Crippen molar-refractivity contribution >= 4 is 11.9 Å². The Morgan fingerprint density at radius 3 is 2.41 bits per heavy atom. The Balaban J connectivity index is 2.70. The molecule has 8 heteroatoms. The number of aromatic hydroxyl groups is 2. The van der Waals surface area contributed by atoms with Gasteiger partial charge in [-0.1, -0.05) is 6.07 Å². The smallest absolute Gasteiger partial charge is 0.320 e. The zero-order valence-corrected chi connectivity index (χ0v) is 12.4. The van der Waals surface area contributed by atoms with Gasteiger partial charge >= 0.3 is 5.97 Å². The van der Waals surface area contributed by atoms with E-state index in [0.29, 0.717) is 19.4 Å². The summed E-state index contributed by atoms with van der Waals surface area (Å²) in [6.07, 6.45) is 0.798. The molecule has 0 heterocycles. The fraction of sp³-hybridized carbons (Fsp3) is 0.429. The number of nitrogens with zero attached hydrogens (tertiary/aromatic N) is 1. The minimum Gasteiger partial charge on any atom is -0.507 e. The Hall–Kier alpha value is -2.48. The topological polar surface area (TPSA) is 154 Å². The second-order valence-corrected chi connectivity index (χ2v) is 4.94. The molecule has 0 radical (unpaired) electrons. The van der Waals surface area contributed by atoms with Crippen molar-refractivity contribution in [2.24, 2.45) is 16.5 Å². The molecule has 0 saturated heterocycles. The van der Waals surface area contributed by atoms with Crippen LogP contribution in [0.25, 0.3) is 0 Å². The largest absolute Gasteiger partial charge is 0.507 e. The summed E-state index contributed by atoms with van der Waals surface area (Å²) >= 11 is 0. The van der Waals surface area contributed by atoms with Crippen molar-refractivity contribution < 1.29 is 20.1 Å². The standard InChI is InChI=1S/C14H22N4O4/c1-8(12-10(19)5-2-6-11(12)20)18-9(13(21)22)4-3-7-17-14(15)16/h2,5-6,8-9,18-20H,3-4,7H2,1H3,(H,21,22)(H4,15,16,17). The lowest BCUT2D eigenvalue weighted by molar-refractivity contribution is -0.139. The first-order valence-corrected chi connectivity index (χ1v) is 6.88. The number of carbonyl (C=O) groups is 1. The summed E-state index contributed by atoms with van der Waals surface area (Å²) in [5.41, 5.74) is 10.7. The molecule has 1 aromatic carbocycles. The molecule has 0 saturated carbocycles. The van der Waals surface area contributed by atoms with Gasteiger partial charge in [0.2, 0.25) is 0 Å². The molecule has 0 aromatic heterocycles. The molecule has 0 spiro atoms. The summed E-state index contributed by atoms with van der Waals surface area (Å²) in [5, 5.41) is 31.7. The summed E-state index contributed by atoms with van der Waals surface area (Å²) in [7, 11) is 0. The zero-order chi connectivity index (χ0) is 16.7. The summed E-state index contributed by atoms with van der Waals surface area (Å²) in [4.78, 5) is 15.1. The van der Waals surface area contributed by atoms with Crippen molar-refractivity contribution in [1.82, 2.24) is 5.32 Å². The Bertz CT molecular complexity index is 523. The van der Waals surface area contributed by atoms with E-state index in [1.807, 2.05) is 0 Å². The van der Waals surface area contributed by atoms with Crippen LogP contribution in [0.15, 0.2) is 23.2 Å². The number of phenols is 2. The number of carboxylic acids is 1. The van der Waals surface area contributed by atoms with Crippen LogP contribution in [-0.4, -0.2) is 39.8 Å². The van der Waals surface area contributed by atoms with Crippen LogP contribution in [0.2, 0.25) is 0 Å². The van der Waals surface area contributed by atoms with Gasteiger partial charge in [0.1, 0.15) is 17.5 Å². The average molecular weight is 310 g/mol. The lowest BCUT2D eigenvalue weighted by atomic mass is 10.0. The van der Waals surface area contributed by atoms with E-state index < -0.39 is 18.1 Å². The summed E-state index contributed by atoms with van der Waals surface area (Å²) in [5.74, 6) is -1.24. The van der Waals surface area contributed by atoms with E-state index >= 15 is 0 Å². The first kappa shape index (κ1) is 17.6. The molecule has 0 aliphatic rings. The minimum atomic E-state index is -1.02. The summed E-state index contributed by atoms with van der Waals surface area (Å²) in [6, 6.07) is 2.99. The normalized spacial score (nSPS) is 13.3. The molecule has 8 nitrogen and oxygen atoms in total. The number of hydrogen-bond donors (Lipinski definition) is 6. The molecule has 1 rings (SSSR count). The number of nitrogens with two attached hydrogens (primary N) is 2. The van der Waals surface area contributed by atoms with Crippen molar-refractivity contribution in [1.29, 1.82) is 0 Å². The molecule has 0 fully saturated rings. The molecule has 0 amide bonds. The maximum Gasteiger partial charge on any atom is 0.320 e. The Morgan fingerprint density at radius 2 is 1.91 bits per heavy atom. The van der Waals surface area contributed by atoms with Crippen LogP contribution in [0.3, 0.4) is 0 Å². The van der Waals surface area contributed by atoms with E-state index in [4.69, 9.17) is 11.5 Å². The van der Waals surface area contributed by atoms with Crippen molar-refractivity contribution in [3.63, 3.8) is 0 Å². The van der Waals surface area contributed by atoms with Crippen LogP contribution in [0.1, 0.15) is 31.4 Å². The molecule has 2 unspecified atom stereocenters. The van der Waals surface area contributed by atoms with E-state index in [1.165, 1.54) is 18.2 Å². The summed E-state index contributed by atoms with van der Waals surface area (Å²) < 4.78 is 0. The molecule has 122 valence electrons. The molecule has 8 N–H and O–H groups in total. The molecule has 0 aliphatic carbocycles. The van der Waals surface area contributed by atoms with Crippen molar-refractivity contribution in [2.45, 2.75) is 31.8 Å². The van der Waals surface area contributed by atoms with Gasteiger partial charge in [-0.15, -0.1) is 0 Å². The number of aliphatic carboxylic acids is 1. The molecule has 22 heavy (non-hydrogen) atoms. The number of benzene rings is 1. The van der Waals surface area contributed by atoms with Crippen LogP contribution in [-0.2, 0) is 4.79 Å². The van der Waals surface area contributed by atoms with E-state index in [-0.39, 0.29) is 23.0 Å². The lowest BCUT2D eigenvalue weighted by Crippen LogP contribution is -2.38. The van der Waals surface area contributed by atoms with E-state index in [0.717, 1.165) is 0 Å². The van der Waals surface area contributed by atoms with Crippen LogP contribution >= 0.6 is 0 Å². The molecular weight excluding hydrogens is 288 g/mol. The molecule has 2 atom stereocenters. The number of hydrogen-bond acceptors (Lipinski definition) is 5. The summed E-state index contributed by atoms with van der Waals surface area (Å²) in [6.45, 7) is 2.00. The second kappa shape index (κ2) is 8.08. The average Bonchev–Trinajstić information content (AvgIpc) is 2.41. The van der Waals surface area contributed by atoms with Gasteiger partial charge in [-0.05, 0) is 31.9 Å². The first-order valence-electron chi connectivity index (χ1n) is 6.88. The van der Waals surface area contributed by atoms with Gasteiger partial charge in [-0.25, -0.2) is 0 Å². The zero-order valence-electron chi connectivity index (χ0n) is 12.4. The van der Waals surface area contributed by atoms with Gasteiger partial charge in [0.05, 0.1) is 5.56 Å². The monoisotopic (exact) mass is 310 g/mol. The molecular formula is C14H22N4O4. The van der Waals surface area contributed by atoms with Gasteiger partial charge in [0, 0.05) is 12.6 Å². The maximum absolute atomic E-state index is 11.3. The predicted molar refractivity (Wildman–Crippen MR) is 82.7 cm³/mol. The minimum absolute atomic E-state index is 0.0349. The lowest BCUT2D eigenvalue weighted by Gasteiger charge is -2.21. The van der Waals surface area contributed by atoms with Gasteiger partial charge in [0.25, 0.3) is 0 Å². The van der Waals surface area contributed by atoms with Crippen molar-refractivity contribution in [3.05, 3.63) is 23.8 Å². The number of aliphatic imine (C=N–C) groups is 1. The third-order valence-electron chi connectivity index (χ3n) is 3.19. The number of carboxylic acid groups (broad SMARTS) is 1. The molecule has 0 bridgehead atoms. The van der Waals surface area contributed by atoms with Crippen molar-refractivity contribution in [3.8, 4) is 11.5 Å². The van der Waals surface area contributed by atoms with E-state index in [1.54, 1.807) is 6.92 Å². The highest BCUT2D eigenvalue weighted by atomic mass is 16.4. The van der Waals surface area contributed by atoms with Gasteiger partial charge in [-0.2, -0.15) is 0 Å². The highest BCUT2D eigenvalue weighted by Crippen LogP contribution is 2.32. The van der Waals surface area contributed by atoms with Gasteiger partial charge < -0.3 is 26.8 Å². The Kier molecular flexibility index (Phi) is 6.46. The molecule has 0 aliphatic heterocycles. The van der Waals surface area contributed by atoms with E-state index in [2.05, 4.69) is 10.3 Å². The number of nitrogens with one attached hydrogen (secondary N) is 1. The van der Waals surface area contributed by atoms with Crippen LogP contribution < -0.4 is 16.8 Å². The number of phenolic OH excluding ortho intramolecular Hbond substituents is 2. The highest BCUT2D eigenvalue weighted by molar-refractivity contribution is 5.75. The van der Waals surface area contributed by atoms with Gasteiger partial charge in [-0.3, -0.25) is 15.1 Å². The first-order chi connectivity index (χ1) is 10.3. The number of rotatable bonds is 8. The highest BCUT2D eigenvalue weighted by Gasteiger charge is 2.22. The molecule has 1 aromatic rings. The van der Waals surface area contributed by atoms with E-state index in [9.17, 15) is 20.1 Å². The Labute approximate surface area is 128 Å². The van der Waals surface area contributed by atoms with Gasteiger partial charge in [0.15, 0.2) is 5.96 Å². The third-order valence-corrected chi connectivity index (χ3v) is 3.19. The van der Waals surface area contributed by atoms with Crippen molar-refractivity contribution in [2.75, 3.05) is 6.54 Å². The Morgan fingerprint density at radius 1 is 1.32 bits per heavy atom. The van der Waals surface area contributed by atoms with Crippen LogP contribution in [0.5, 0.6) is 11.5 Å².